The molecule has 0 aromatic heterocycles. The van der Waals surface area contributed by atoms with Crippen molar-refractivity contribution < 1.29 is 39.6 Å². The Kier molecular flexibility index (Phi) is 11.1. The van der Waals surface area contributed by atoms with Crippen LogP contribution in [0, 0.1) is 23.2 Å². The zero-order valence-corrected chi connectivity index (χ0v) is 27.5. The minimum atomic E-state index is -2.61. The fourth-order valence-electron chi connectivity index (χ4n) is 7.15. The highest BCUT2D eigenvalue weighted by Crippen LogP contribution is 2.48. The third kappa shape index (κ3) is 7.71. The minimum absolute atomic E-state index is 0.0209. The summed E-state index contributed by atoms with van der Waals surface area (Å²) in [7, 11) is 0. The molecular weight excluding hydrogens is 646 g/mol. The zero-order valence-electron chi connectivity index (χ0n) is 27.5. The van der Waals surface area contributed by atoms with Crippen molar-refractivity contribution in [3.05, 3.63) is 177 Å². The molecule has 0 radical (unpaired) electrons. The van der Waals surface area contributed by atoms with E-state index in [0.717, 1.165) is 11.1 Å². The van der Waals surface area contributed by atoms with Crippen molar-refractivity contribution in [3.8, 4) is 6.07 Å². The molecule has 0 spiro atoms. The van der Waals surface area contributed by atoms with Gasteiger partial charge >= 0.3 is 23.9 Å². The predicted molar refractivity (Wildman–Crippen MR) is 188 cm³/mol. The molecule has 0 heterocycles. The molecule has 9 nitrogen and oxygen atoms in total. The molecule has 0 fully saturated rings. The highest BCUT2D eigenvalue weighted by Gasteiger charge is 2.60. The first kappa shape index (κ1) is 35.8. The van der Waals surface area contributed by atoms with Gasteiger partial charge in [-0.05, 0) is 70.2 Å². The Bertz CT molecular complexity index is 2010. The maximum Gasteiger partial charge on any atom is 0.318 e. The van der Waals surface area contributed by atoms with Gasteiger partial charge in [0, 0.05) is 5.41 Å². The van der Waals surface area contributed by atoms with Crippen LogP contribution in [0.3, 0.4) is 0 Å². The quantitative estimate of drug-likeness (QED) is 0.0915. The van der Waals surface area contributed by atoms with E-state index in [2.05, 4.69) is 6.07 Å². The van der Waals surface area contributed by atoms with Gasteiger partial charge in [0.25, 0.3) is 0 Å². The van der Waals surface area contributed by atoms with Crippen LogP contribution in [0.1, 0.15) is 50.1 Å². The molecule has 0 saturated carbocycles. The highest BCUT2D eigenvalue weighted by molar-refractivity contribution is 6.01. The topological polar surface area (TPSA) is 173 Å². The average molecular weight is 682 g/mol. The van der Waals surface area contributed by atoms with Gasteiger partial charge in [0.15, 0.2) is 11.8 Å². The van der Waals surface area contributed by atoms with Crippen LogP contribution in [0.2, 0.25) is 0 Å². The summed E-state index contributed by atoms with van der Waals surface area (Å²) in [6.45, 7) is 0. The largest absolute Gasteiger partial charge is 0.481 e. The van der Waals surface area contributed by atoms with Crippen LogP contribution in [-0.4, -0.2) is 44.3 Å². The Morgan fingerprint density at radius 1 is 0.529 bits per heavy atom. The molecule has 51 heavy (non-hydrogen) atoms. The molecule has 5 rings (SSSR count). The fourth-order valence-corrected chi connectivity index (χ4v) is 7.15. The summed E-state index contributed by atoms with van der Waals surface area (Å²) in [4.78, 5) is 52.9. The van der Waals surface area contributed by atoms with E-state index in [4.69, 9.17) is 0 Å². The summed E-state index contributed by atoms with van der Waals surface area (Å²) in [5.41, 5.74) is 1.29. The number of nitriles is 1. The van der Waals surface area contributed by atoms with Gasteiger partial charge in [0.2, 0.25) is 0 Å². The monoisotopic (exact) mass is 681 g/mol. The van der Waals surface area contributed by atoms with Crippen LogP contribution >= 0.6 is 0 Å². The van der Waals surface area contributed by atoms with Gasteiger partial charge in [0.1, 0.15) is 0 Å². The van der Waals surface area contributed by atoms with Crippen molar-refractivity contribution in [2.24, 2.45) is 11.8 Å². The van der Waals surface area contributed by atoms with Crippen molar-refractivity contribution in [2.45, 2.75) is 31.1 Å². The lowest BCUT2D eigenvalue weighted by molar-refractivity contribution is -0.167. The van der Waals surface area contributed by atoms with Gasteiger partial charge in [-0.3, -0.25) is 19.2 Å². The van der Waals surface area contributed by atoms with Crippen LogP contribution in [0.15, 0.2) is 127 Å². The van der Waals surface area contributed by atoms with Gasteiger partial charge in [-0.25, -0.2) is 0 Å². The van der Waals surface area contributed by atoms with Crippen molar-refractivity contribution in [2.75, 3.05) is 0 Å². The first-order valence-electron chi connectivity index (χ1n) is 16.2. The Balaban J connectivity index is 2.03. The summed E-state index contributed by atoms with van der Waals surface area (Å²) >= 11 is 0. The van der Waals surface area contributed by atoms with Crippen LogP contribution in [0.4, 0.5) is 0 Å². The number of rotatable bonds is 15. The predicted octanol–water partition coefficient (Wildman–Crippen LogP) is 6.38. The number of nitrogens with zero attached hydrogens (tertiary/aromatic N) is 1. The highest BCUT2D eigenvalue weighted by atomic mass is 16.4. The Morgan fingerprint density at radius 3 is 1.25 bits per heavy atom. The van der Waals surface area contributed by atoms with Gasteiger partial charge in [-0.15, -0.1) is 0 Å². The van der Waals surface area contributed by atoms with Crippen molar-refractivity contribution >= 4 is 23.9 Å². The van der Waals surface area contributed by atoms with Gasteiger partial charge in [-0.2, -0.15) is 5.26 Å². The van der Waals surface area contributed by atoms with Crippen LogP contribution in [0.25, 0.3) is 0 Å². The summed E-state index contributed by atoms with van der Waals surface area (Å²) < 4.78 is 0. The van der Waals surface area contributed by atoms with Crippen LogP contribution < -0.4 is 0 Å². The molecule has 0 bridgehead atoms. The number of carboxylic acid groups (broad SMARTS) is 4. The molecule has 0 saturated heterocycles. The molecule has 0 aliphatic heterocycles. The molecular formula is C42H35NO8. The SMILES string of the molecule is N#Cc1c(Cc2ccccc2)cc(C(Cc2ccccc2)(C(C(=O)O)C(=O)O)C(C(=O)O)C(=O)O)c(Cc2ccccc2)c1Cc1ccccc1. The molecule has 4 N–H and O–H groups in total. The lowest BCUT2D eigenvalue weighted by Gasteiger charge is -2.42. The van der Waals surface area contributed by atoms with Crippen molar-refractivity contribution in [1.29, 1.82) is 5.26 Å². The number of hydrogen-bond acceptors (Lipinski definition) is 5. The summed E-state index contributed by atoms with van der Waals surface area (Å²) in [6, 6.07) is 39.2. The van der Waals surface area contributed by atoms with E-state index >= 15 is 0 Å². The first-order chi connectivity index (χ1) is 24.6. The van der Waals surface area contributed by atoms with Crippen LogP contribution in [0.5, 0.6) is 0 Å². The first-order valence-corrected chi connectivity index (χ1v) is 16.2. The molecule has 5 aromatic rings. The molecule has 0 aliphatic carbocycles. The maximum atomic E-state index is 13.2. The zero-order chi connectivity index (χ0) is 36.5. The molecule has 0 atom stereocenters. The minimum Gasteiger partial charge on any atom is -0.481 e. The summed E-state index contributed by atoms with van der Waals surface area (Å²) in [5.74, 6) is -12.6. The third-order valence-electron chi connectivity index (χ3n) is 9.29. The lowest BCUT2D eigenvalue weighted by atomic mass is 9.57. The molecule has 0 amide bonds. The van der Waals surface area contributed by atoms with E-state index in [1.165, 1.54) is 6.07 Å². The number of carbonyl (C=O) groups is 4. The van der Waals surface area contributed by atoms with E-state index < -0.39 is 47.5 Å². The van der Waals surface area contributed by atoms with Crippen LogP contribution in [-0.2, 0) is 50.3 Å². The second-order valence-corrected chi connectivity index (χ2v) is 12.4. The molecule has 9 heteroatoms. The fraction of sp³-hybridized carbons (Fsp3) is 0.167. The molecule has 256 valence electrons. The Morgan fingerprint density at radius 2 is 0.882 bits per heavy atom. The summed E-state index contributed by atoms with van der Waals surface area (Å²) in [6.07, 6.45) is -0.267. The number of aliphatic carboxylic acids is 4. The van der Waals surface area contributed by atoms with E-state index in [9.17, 15) is 44.9 Å². The van der Waals surface area contributed by atoms with Gasteiger partial charge in [-0.1, -0.05) is 127 Å². The standard InChI is InChI=1S/C42H35NO8/c43-26-34-31(21-27-13-5-1-6-14-27)24-35(33(23-29-17-9-3-10-18-29)32(34)22-28-15-7-2-8-16-28)42(36(38(44)45)39(46)47,37(40(48)49)41(50)51)25-30-19-11-4-12-20-30/h1-20,24,36-37H,21-23,25H2,(H,44,45)(H,46,47)(H,48,49)(H,50,51). The smallest absolute Gasteiger partial charge is 0.318 e. The number of hydrogen-bond donors (Lipinski definition) is 4. The number of carboxylic acids is 4. The number of benzene rings is 5. The van der Waals surface area contributed by atoms with E-state index in [1.807, 2.05) is 60.7 Å². The Hall–Kier alpha value is -6.53. The molecule has 0 unspecified atom stereocenters. The molecule has 5 aromatic carbocycles. The third-order valence-corrected chi connectivity index (χ3v) is 9.29. The van der Waals surface area contributed by atoms with E-state index in [-0.39, 0.29) is 30.4 Å². The average Bonchev–Trinajstić information content (AvgIpc) is 3.10. The maximum absolute atomic E-state index is 13.2. The van der Waals surface area contributed by atoms with Crippen molar-refractivity contribution in [3.63, 3.8) is 0 Å². The lowest BCUT2D eigenvalue weighted by Crippen LogP contribution is -2.56. The van der Waals surface area contributed by atoms with Gasteiger partial charge < -0.3 is 20.4 Å². The second kappa shape index (κ2) is 15.8. The van der Waals surface area contributed by atoms with Crippen molar-refractivity contribution in [1.82, 2.24) is 0 Å². The Labute approximate surface area is 294 Å². The van der Waals surface area contributed by atoms with Gasteiger partial charge in [0.05, 0.1) is 11.6 Å². The second-order valence-electron chi connectivity index (χ2n) is 12.4. The van der Waals surface area contributed by atoms with E-state index in [1.54, 1.807) is 60.7 Å². The molecule has 0 aliphatic rings. The normalized spacial score (nSPS) is 11.2. The van der Waals surface area contributed by atoms with E-state index in [0.29, 0.717) is 27.8 Å². The summed E-state index contributed by atoms with van der Waals surface area (Å²) in [5, 5.41) is 53.6.